The first kappa shape index (κ1) is 21.7. The van der Waals surface area contributed by atoms with E-state index in [9.17, 15) is 13.2 Å². The summed E-state index contributed by atoms with van der Waals surface area (Å²) in [7, 11) is -3.86. The molecule has 0 bridgehead atoms. The van der Waals surface area contributed by atoms with Crippen LogP contribution in [0.4, 0.5) is 0 Å². The van der Waals surface area contributed by atoms with Gasteiger partial charge < -0.3 is 9.84 Å². The molecule has 164 valence electrons. The van der Waals surface area contributed by atoms with Crippen LogP contribution in [-0.2, 0) is 27.7 Å². The van der Waals surface area contributed by atoms with Crippen molar-refractivity contribution in [2.45, 2.75) is 50.5 Å². The second kappa shape index (κ2) is 8.89. The number of nitrogens with zero attached hydrogens (tertiary/aromatic N) is 2. The molecule has 1 aliphatic carbocycles. The second-order valence-electron chi connectivity index (χ2n) is 7.43. The minimum absolute atomic E-state index is 0.0950. The van der Waals surface area contributed by atoms with Crippen LogP contribution in [0.5, 0.6) is 0 Å². The van der Waals surface area contributed by atoms with Crippen LogP contribution < -0.4 is 10.0 Å². The lowest BCUT2D eigenvalue weighted by atomic mass is 9.88. The third-order valence-electron chi connectivity index (χ3n) is 5.28. The van der Waals surface area contributed by atoms with Crippen LogP contribution in [0.1, 0.15) is 47.7 Å². The lowest BCUT2D eigenvalue weighted by Crippen LogP contribution is -2.39. The fourth-order valence-electron chi connectivity index (χ4n) is 3.73. The molecule has 1 amide bonds. The number of aromatic nitrogens is 2. The molecule has 0 radical (unpaired) electrons. The van der Waals surface area contributed by atoms with Crippen molar-refractivity contribution in [1.29, 1.82) is 0 Å². The molecule has 1 atom stereocenters. The molecule has 1 aliphatic rings. The van der Waals surface area contributed by atoms with Crippen molar-refractivity contribution < 1.29 is 17.7 Å². The molecule has 2 heterocycles. The van der Waals surface area contributed by atoms with Crippen LogP contribution in [0.3, 0.4) is 0 Å². The zero-order valence-corrected chi connectivity index (χ0v) is 19.0. The first-order valence-corrected chi connectivity index (χ1v) is 12.5. The first-order chi connectivity index (χ1) is 14.9. The van der Waals surface area contributed by atoms with E-state index in [1.807, 2.05) is 25.1 Å². The van der Waals surface area contributed by atoms with Gasteiger partial charge in [0.25, 0.3) is 0 Å². The van der Waals surface area contributed by atoms with E-state index in [0.29, 0.717) is 27.9 Å². The van der Waals surface area contributed by atoms with Gasteiger partial charge in [-0.25, -0.2) is 13.1 Å². The van der Waals surface area contributed by atoms with Crippen molar-refractivity contribution in [3.8, 4) is 10.7 Å². The van der Waals surface area contributed by atoms with Gasteiger partial charge in [-0.2, -0.15) is 4.98 Å². The summed E-state index contributed by atoms with van der Waals surface area (Å²) >= 11 is 1.27. The molecule has 0 saturated carbocycles. The Balaban J connectivity index is 1.42. The Hall–Kier alpha value is -2.56. The number of carbonyl (C=O) groups excluding carboxylic acids is 1. The van der Waals surface area contributed by atoms with Gasteiger partial charge in [0.05, 0.1) is 22.4 Å². The van der Waals surface area contributed by atoms with Crippen LogP contribution in [0, 0.1) is 6.92 Å². The predicted octanol–water partition coefficient (Wildman–Crippen LogP) is 3.14. The smallest absolute Gasteiger partial charge is 0.242 e. The molecular weight excluding hydrogens is 436 g/mol. The Kier molecular flexibility index (Phi) is 6.22. The molecule has 0 unspecified atom stereocenters. The van der Waals surface area contributed by atoms with E-state index in [2.05, 4.69) is 26.2 Å². The Bertz CT molecular complexity index is 1200. The summed E-state index contributed by atoms with van der Waals surface area (Å²) in [5.41, 5.74) is 2.34. The van der Waals surface area contributed by atoms with E-state index in [1.165, 1.54) is 23.0 Å². The number of benzene rings is 1. The van der Waals surface area contributed by atoms with Crippen molar-refractivity contribution in [1.82, 2.24) is 20.2 Å². The highest BCUT2D eigenvalue weighted by molar-refractivity contribution is 7.89. The molecule has 1 aromatic carbocycles. The molecule has 0 aliphatic heterocycles. The van der Waals surface area contributed by atoms with Crippen LogP contribution in [0.25, 0.3) is 10.7 Å². The Labute approximate surface area is 185 Å². The Morgan fingerprint density at radius 2 is 2.13 bits per heavy atom. The summed E-state index contributed by atoms with van der Waals surface area (Å²) in [6.07, 6.45) is 3.42. The van der Waals surface area contributed by atoms with E-state index in [0.717, 1.165) is 24.8 Å². The fourth-order valence-corrected chi connectivity index (χ4v) is 6.23. The number of fused-ring (bicyclic) bond motifs is 1. The molecule has 10 heteroatoms. The SMILES string of the molecule is CCc1nc(-c2cc(S(=O)(=O)NCC(=O)N[C@H]3CCCc4ccccc43)c(C)s2)no1. The average molecular weight is 461 g/mol. The van der Waals surface area contributed by atoms with Gasteiger partial charge in [0, 0.05) is 11.3 Å². The fraction of sp³-hybridized carbons (Fsp3) is 0.381. The van der Waals surface area contributed by atoms with Gasteiger partial charge in [-0.05, 0) is 43.4 Å². The van der Waals surface area contributed by atoms with Gasteiger partial charge >= 0.3 is 0 Å². The van der Waals surface area contributed by atoms with Gasteiger partial charge in [-0.3, -0.25) is 4.79 Å². The van der Waals surface area contributed by atoms with Gasteiger partial charge in [0.1, 0.15) is 0 Å². The Morgan fingerprint density at radius 1 is 1.32 bits per heavy atom. The van der Waals surface area contributed by atoms with Crippen molar-refractivity contribution in [3.63, 3.8) is 0 Å². The number of carbonyl (C=O) groups is 1. The van der Waals surface area contributed by atoms with Crippen molar-refractivity contribution in [3.05, 3.63) is 52.2 Å². The third kappa shape index (κ3) is 4.70. The van der Waals surface area contributed by atoms with Gasteiger partial charge in [0.2, 0.25) is 27.6 Å². The zero-order chi connectivity index (χ0) is 22.0. The molecule has 3 aromatic rings. The monoisotopic (exact) mass is 460 g/mol. The number of aryl methyl sites for hydroxylation is 3. The predicted molar refractivity (Wildman–Crippen MR) is 117 cm³/mol. The quantitative estimate of drug-likeness (QED) is 0.560. The van der Waals surface area contributed by atoms with Gasteiger partial charge in [-0.15, -0.1) is 11.3 Å². The van der Waals surface area contributed by atoms with E-state index in [1.54, 1.807) is 6.92 Å². The molecule has 2 aromatic heterocycles. The summed E-state index contributed by atoms with van der Waals surface area (Å²) in [6.45, 7) is 3.28. The lowest BCUT2D eigenvalue weighted by molar-refractivity contribution is -0.120. The highest BCUT2D eigenvalue weighted by Crippen LogP contribution is 2.32. The normalized spacial score (nSPS) is 16.1. The zero-order valence-electron chi connectivity index (χ0n) is 17.3. The molecule has 8 nitrogen and oxygen atoms in total. The molecule has 0 fully saturated rings. The van der Waals surface area contributed by atoms with Gasteiger partial charge in [-0.1, -0.05) is 36.3 Å². The highest BCUT2D eigenvalue weighted by atomic mass is 32.2. The van der Waals surface area contributed by atoms with E-state index in [4.69, 9.17) is 4.52 Å². The number of hydrogen-bond acceptors (Lipinski definition) is 7. The molecular formula is C21H24N4O4S2. The highest BCUT2D eigenvalue weighted by Gasteiger charge is 2.25. The van der Waals surface area contributed by atoms with E-state index >= 15 is 0 Å². The van der Waals surface area contributed by atoms with Gasteiger partial charge in [0.15, 0.2) is 0 Å². The largest absolute Gasteiger partial charge is 0.348 e. The maximum Gasteiger partial charge on any atom is 0.242 e. The maximum absolute atomic E-state index is 12.8. The topological polar surface area (TPSA) is 114 Å². The number of thiophene rings is 1. The first-order valence-electron chi connectivity index (χ1n) is 10.2. The molecule has 31 heavy (non-hydrogen) atoms. The maximum atomic E-state index is 12.8. The Morgan fingerprint density at radius 3 is 2.90 bits per heavy atom. The lowest BCUT2D eigenvalue weighted by Gasteiger charge is -2.26. The second-order valence-corrected chi connectivity index (χ2v) is 10.4. The summed E-state index contributed by atoms with van der Waals surface area (Å²) in [6, 6.07) is 9.45. The number of hydrogen-bond donors (Lipinski definition) is 2. The summed E-state index contributed by atoms with van der Waals surface area (Å²) in [4.78, 5) is 18.0. The van der Waals surface area contributed by atoms with Crippen LogP contribution >= 0.6 is 11.3 Å². The standard InChI is InChI=1S/C21H24N4O4S2/c1-3-20-24-21(25-29-20)17-11-18(13(2)30-17)31(27,28)22-12-19(26)23-16-10-6-8-14-7-4-5-9-15(14)16/h4-5,7,9,11,16,22H,3,6,8,10,12H2,1-2H3,(H,23,26)/t16-/m0/s1. The molecule has 4 rings (SSSR count). The summed E-state index contributed by atoms with van der Waals surface area (Å²) in [5.74, 6) is 0.494. The molecule has 2 N–H and O–H groups in total. The molecule has 0 saturated heterocycles. The van der Waals surface area contributed by atoms with Crippen molar-refractivity contribution >= 4 is 27.3 Å². The number of nitrogens with one attached hydrogen (secondary N) is 2. The van der Waals surface area contributed by atoms with Crippen LogP contribution in [0.2, 0.25) is 0 Å². The van der Waals surface area contributed by atoms with Crippen molar-refractivity contribution in [2.24, 2.45) is 0 Å². The van der Waals surface area contributed by atoms with E-state index in [-0.39, 0.29) is 23.4 Å². The summed E-state index contributed by atoms with van der Waals surface area (Å²) < 4.78 is 33.1. The minimum atomic E-state index is -3.86. The van der Waals surface area contributed by atoms with E-state index < -0.39 is 10.0 Å². The number of rotatable bonds is 7. The average Bonchev–Trinajstić information content (AvgIpc) is 3.39. The minimum Gasteiger partial charge on any atom is -0.348 e. The van der Waals surface area contributed by atoms with Crippen molar-refractivity contribution in [2.75, 3.05) is 6.54 Å². The summed E-state index contributed by atoms with van der Waals surface area (Å²) in [5, 5.41) is 6.85. The van der Waals surface area contributed by atoms with Crippen LogP contribution in [0.15, 0.2) is 39.8 Å². The number of amides is 1. The van der Waals surface area contributed by atoms with Crippen LogP contribution in [-0.4, -0.2) is 31.0 Å². The third-order valence-corrected chi connectivity index (χ3v) is 7.98. The molecule has 0 spiro atoms. The number of sulfonamides is 1.